The highest BCUT2D eigenvalue weighted by atomic mass is 32.2. The maximum atomic E-state index is 12.9. The topological polar surface area (TPSA) is 96.0 Å². The quantitative estimate of drug-likeness (QED) is 0.575. The first kappa shape index (κ1) is 18.6. The van der Waals surface area contributed by atoms with E-state index in [1.807, 2.05) is 0 Å². The Balaban J connectivity index is 2.20. The minimum atomic E-state index is -3.71. The highest BCUT2D eigenvalue weighted by Crippen LogP contribution is 2.14. The Morgan fingerprint density at radius 1 is 1.11 bits per heavy atom. The molecule has 0 radical (unpaired) electrons. The number of aromatic nitrogens is 4. The third-order valence-corrected chi connectivity index (χ3v) is 4.99. The van der Waals surface area contributed by atoms with Crippen molar-refractivity contribution < 1.29 is 12.8 Å². The van der Waals surface area contributed by atoms with Gasteiger partial charge < -0.3 is 4.57 Å². The second kappa shape index (κ2) is 6.51. The molecule has 0 bridgehead atoms. The van der Waals surface area contributed by atoms with Crippen LogP contribution in [0, 0.1) is 17.7 Å². The van der Waals surface area contributed by atoms with E-state index in [9.17, 15) is 22.4 Å². The van der Waals surface area contributed by atoms with Crippen LogP contribution in [0.3, 0.4) is 0 Å². The zero-order valence-electron chi connectivity index (χ0n) is 14.7. The van der Waals surface area contributed by atoms with Crippen molar-refractivity contribution in [3.63, 3.8) is 0 Å². The van der Waals surface area contributed by atoms with Crippen molar-refractivity contribution in [3.05, 3.63) is 56.5 Å². The molecule has 1 aromatic carbocycles. The Kier molecular flexibility index (Phi) is 4.49. The molecule has 0 N–H and O–H groups in total. The molecule has 3 rings (SSSR count). The van der Waals surface area contributed by atoms with E-state index in [1.54, 1.807) is 0 Å². The van der Waals surface area contributed by atoms with E-state index in [-0.39, 0.29) is 22.9 Å². The third-order valence-electron chi connectivity index (χ3n) is 3.96. The molecular formula is C17H15FN4O4S. The average Bonchev–Trinajstić information content (AvgIpc) is 2.95. The molecule has 0 aliphatic rings. The number of imidazole rings is 1. The number of halogens is 1. The van der Waals surface area contributed by atoms with Crippen LogP contribution in [0.25, 0.3) is 11.2 Å². The van der Waals surface area contributed by atoms with Crippen molar-refractivity contribution in [1.29, 1.82) is 0 Å². The van der Waals surface area contributed by atoms with Crippen molar-refractivity contribution in [2.75, 3.05) is 6.26 Å². The summed E-state index contributed by atoms with van der Waals surface area (Å²) in [7, 11) is -1.02. The van der Waals surface area contributed by atoms with Crippen LogP contribution in [-0.4, -0.2) is 33.4 Å². The molecule has 10 heteroatoms. The van der Waals surface area contributed by atoms with Crippen LogP contribution in [0.4, 0.5) is 4.39 Å². The molecule has 2 aromatic heterocycles. The van der Waals surface area contributed by atoms with Crippen LogP contribution in [0.2, 0.25) is 0 Å². The fourth-order valence-electron chi connectivity index (χ4n) is 2.64. The molecule has 27 heavy (non-hydrogen) atoms. The van der Waals surface area contributed by atoms with Crippen LogP contribution in [0.5, 0.6) is 0 Å². The Morgan fingerprint density at radius 2 is 1.74 bits per heavy atom. The average molecular weight is 390 g/mol. The molecular weight excluding hydrogens is 375 g/mol. The Hall–Kier alpha value is -3.19. The number of fused-ring (bicyclic) bond motifs is 1. The summed E-state index contributed by atoms with van der Waals surface area (Å²) in [6, 6.07) is 5.50. The van der Waals surface area contributed by atoms with Crippen LogP contribution in [-0.2, 0) is 30.5 Å². The predicted octanol–water partition coefficient (Wildman–Crippen LogP) is 0.0280. The van der Waals surface area contributed by atoms with Gasteiger partial charge in [-0.3, -0.25) is 13.9 Å². The molecule has 0 fully saturated rings. The summed E-state index contributed by atoms with van der Waals surface area (Å²) in [5.74, 6) is 5.15. The van der Waals surface area contributed by atoms with E-state index in [4.69, 9.17) is 0 Å². The number of aryl methyl sites for hydroxylation is 1. The summed E-state index contributed by atoms with van der Waals surface area (Å²) in [5, 5.41) is -0.319. The summed E-state index contributed by atoms with van der Waals surface area (Å²) < 4.78 is 39.9. The van der Waals surface area contributed by atoms with Gasteiger partial charge >= 0.3 is 5.69 Å². The molecule has 0 unspecified atom stereocenters. The lowest BCUT2D eigenvalue weighted by molar-refractivity contribution is 0.586. The maximum absolute atomic E-state index is 12.9. The lowest BCUT2D eigenvalue weighted by atomic mass is 10.2. The Morgan fingerprint density at radius 3 is 2.33 bits per heavy atom. The standard InChI is InChI=1S/C17H15FN4O4S/c1-20-13-14(19-16(20)27(3,25)26)22(17(24)21(2)15(13)23)10-4-5-11-6-8-12(18)9-7-11/h6-9H,10H2,1-3H3. The van der Waals surface area contributed by atoms with Gasteiger partial charge in [-0.1, -0.05) is 11.8 Å². The molecule has 0 spiro atoms. The first-order valence-corrected chi connectivity index (χ1v) is 9.61. The van der Waals surface area contributed by atoms with Crippen molar-refractivity contribution in [3.8, 4) is 11.8 Å². The van der Waals surface area contributed by atoms with Crippen molar-refractivity contribution in [2.24, 2.45) is 14.1 Å². The Bertz CT molecular complexity index is 1340. The SMILES string of the molecule is Cn1c(=O)c2c(nc(S(C)(=O)=O)n2C)n(CC#Cc2ccc(F)cc2)c1=O. The van der Waals surface area contributed by atoms with Gasteiger partial charge in [-0.2, -0.15) is 4.98 Å². The largest absolute Gasteiger partial charge is 0.333 e. The molecule has 0 atom stereocenters. The van der Waals surface area contributed by atoms with Gasteiger partial charge in [0.1, 0.15) is 5.82 Å². The summed E-state index contributed by atoms with van der Waals surface area (Å²) in [5.41, 5.74) is -0.842. The lowest BCUT2D eigenvalue weighted by Gasteiger charge is -2.05. The number of hydrogen-bond acceptors (Lipinski definition) is 5. The number of rotatable bonds is 2. The van der Waals surface area contributed by atoms with Crippen molar-refractivity contribution in [1.82, 2.24) is 18.7 Å². The van der Waals surface area contributed by atoms with E-state index in [1.165, 1.54) is 38.4 Å². The first-order chi connectivity index (χ1) is 12.6. The molecule has 140 valence electrons. The molecule has 0 saturated heterocycles. The van der Waals surface area contributed by atoms with Gasteiger partial charge in [0.05, 0.1) is 6.54 Å². The molecule has 0 aliphatic carbocycles. The fraction of sp³-hybridized carbons (Fsp3) is 0.235. The van der Waals surface area contributed by atoms with Gasteiger partial charge in [-0.15, -0.1) is 0 Å². The summed E-state index contributed by atoms with van der Waals surface area (Å²) in [4.78, 5) is 28.9. The molecule has 0 aliphatic heterocycles. The van der Waals surface area contributed by atoms with Crippen LogP contribution in [0.15, 0.2) is 39.0 Å². The van der Waals surface area contributed by atoms with Gasteiger partial charge in [0.25, 0.3) is 5.56 Å². The molecule has 3 aromatic rings. The van der Waals surface area contributed by atoms with Crippen molar-refractivity contribution >= 4 is 21.0 Å². The van der Waals surface area contributed by atoms with Gasteiger partial charge in [-0.25, -0.2) is 17.6 Å². The van der Waals surface area contributed by atoms with Gasteiger partial charge in [0.2, 0.25) is 15.0 Å². The highest BCUT2D eigenvalue weighted by molar-refractivity contribution is 7.90. The van der Waals surface area contributed by atoms with Gasteiger partial charge in [0.15, 0.2) is 11.2 Å². The van der Waals surface area contributed by atoms with Crippen LogP contribution >= 0.6 is 0 Å². The summed E-state index contributed by atoms with van der Waals surface area (Å²) >= 11 is 0. The normalized spacial score (nSPS) is 11.4. The van der Waals surface area contributed by atoms with Crippen LogP contribution < -0.4 is 11.2 Å². The predicted molar refractivity (Wildman–Crippen MR) is 96.6 cm³/mol. The number of nitrogens with zero attached hydrogens (tertiary/aromatic N) is 4. The number of hydrogen-bond donors (Lipinski definition) is 0. The number of sulfone groups is 1. The maximum Gasteiger partial charge on any atom is 0.333 e. The molecule has 2 heterocycles. The zero-order chi connectivity index (χ0) is 19.9. The van der Waals surface area contributed by atoms with E-state index in [0.29, 0.717) is 5.56 Å². The van der Waals surface area contributed by atoms with E-state index >= 15 is 0 Å². The van der Waals surface area contributed by atoms with E-state index in [0.717, 1.165) is 20.0 Å². The van der Waals surface area contributed by atoms with E-state index in [2.05, 4.69) is 16.8 Å². The highest BCUT2D eigenvalue weighted by Gasteiger charge is 2.23. The van der Waals surface area contributed by atoms with Gasteiger partial charge in [0, 0.05) is 25.9 Å². The van der Waals surface area contributed by atoms with Crippen molar-refractivity contribution in [2.45, 2.75) is 11.7 Å². The third kappa shape index (κ3) is 3.29. The fourth-order valence-corrected chi connectivity index (χ4v) is 3.48. The lowest BCUT2D eigenvalue weighted by Crippen LogP contribution is -2.38. The smallest absolute Gasteiger partial charge is 0.312 e. The monoisotopic (exact) mass is 390 g/mol. The Labute approximate surface area is 153 Å². The summed E-state index contributed by atoms with van der Waals surface area (Å²) in [6.45, 7) is -0.124. The molecule has 0 saturated carbocycles. The van der Waals surface area contributed by atoms with Crippen LogP contribution in [0.1, 0.15) is 5.56 Å². The molecule has 0 amide bonds. The minimum absolute atomic E-state index is 0.0129. The molecule has 8 nitrogen and oxygen atoms in total. The second-order valence-corrected chi connectivity index (χ2v) is 7.85. The number of benzene rings is 1. The zero-order valence-corrected chi connectivity index (χ0v) is 15.5. The minimum Gasteiger partial charge on any atom is -0.312 e. The first-order valence-electron chi connectivity index (χ1n) is 7.72. The van der Waals surface area contributed by atoms with E-state index < -0.39 is 26.9 Å². The van der Waals surface area contributed by atoms with Gasteiger partial charge in [-0.05, 0) is 24.3 Å². The second-order valence-electron chi connectivity index (χ2n) is 5.94. The summed E-state index contributed by atoms with van der Waals surface area (Å²) in [6.07, 6.45) is 0.968.